The second-order valence-electron chi connectivity index (χ2n) is 5.37. The van der Waals surface area contributed by atoms with Gasteiger partial charge in [-0.25, -0.2) is 4.39 Å². The van der Waals surface area contributed by atoms with Crippen molar-refractivity contribution >= 4 is 23.0 Å². The van der Waals surface area contributed by atoms with Crippen molar-refractivity contribution in [2.45, 2.75) is 44.7 Å². The molecule has 1 fully saturated rings. The van der Waals surface area contributed by atoms with E-state index >= 15 is 0 Å². The predicted molar refractivity (Wildman–Crippen MR) is 81.3 cm³/mol. The molecule has 116 valence electrons. The Labute approximate surface area is 128 Å². The number of anilines is 1. The van der Waals surface area contributed by atoms with Crippen molar-refractivity contribution in [1.29, 1.82) is 0 Å². The Kier molecular flexibility index (Phi) is 5.00. The van der Waals surface area contributed by atoms with Crippen molar-refractivity contribution in [3.8, 4) is 0 Å². The van der Waals surface area contributed by atoms with Crippen LogP contribution in [0.15, 0.2) is 12.1 Å². The first-order valence-corrected chi connectivity index (χ1v) is 7.47. The van der Waals surface area contributed by atoms with Gasteiger partial charge in [-0.3, -0.25) is 10.1 Å². The summed E-state index contributed by atoms with van der Waals surface area (Å²) in [5.74, 6) is -0.770. The number of halogens is 2. The molecule has 1 aliphatic rings. The van der Waals surface area contributed by atoms with E-state index in [4.69, 9.17) is 17.3 Å². The lowest BCUT2D eigenvalue weighted by molar-refractivity contribution is -0.384. The third-order valence-corrected chi connectivity index (χ3v) is 4.34. The van der Waals surface area contributed by atoms with E-state index in [2.05, 4.69) is 0 Å². The van der Waals surface area contributed by atoms with E-state index in [0.717, 1.165) is 31.7 Å². The second-order valence-corrected chi connectivity index (χ2v) is 5.77. The van der Waals surface area contributed by atoms with Crippen LogP contribution in [0.3, 0.4) is 0 Å². The highest BCUT2D eigenvalue weighted by molar-refractivity contribution is 6.31. The Balaban J connectivity index is 2.37. The van der Waals surface area contributed by atoms with Crippen LogP contribution in [-0.2, 0) is 0 Å². The Morgan fingerprint density at radius 3 is 2.57 bits per heavy atom. The van der Waals surface area contributed by atoms with E-state index in [9.17, 15) is 14.5 Å². The number of nitro benzene ring substituents is 1. The van der Waals surface area contributed by atoms with E-state index in [1.807, 2.05) is 11.8 Å². The van der Waals surface area contributed by atoms with Gasteiger partial charge < -0.3 is 10.6 Å². The van der Waals surface area contributed by atoms with Crippen LogP contribution in [-0.4, -0.2) is 23.6 Å². The molecular formula is C14H19ClFN3O2. The molecule has 2 rings (SSSR count). The van der Waals surface area contributed by atoms with E-state index < -0.39 is 10.7 Å². The minimum atomic E-state index is -0.770. The number of rotatable bonds is 4. The summed E-state index contributed by atoms with van der Waals surface area (Å²) in [6.45, 7) is 2.53. The Bertz CT molecular complexity index is 533. The van der Waals surface area contributed by atoms with Crippen molar-refractivity contribution in [2.24, 2.45) is 5.73 Å². The van der Waals surface area contributed by atoms with Crippen molar-refractivity contribution in [1.82, 2.24) is 0 Å². The first-order chi connectivity index (χ1) is 9.93. The summed E-state index contributed by atoms with van der Waals surface area (Å²) in [5.41, 5.74) is 6.04. The number of nitrogens with zero attached hydrogens (tertiary/aromatic N) is 2. The van der Waals surface area contributed by atoms with Gasteiger partial charge in [-0.15, -0.1) is 0 Å². The zero-order chi connectivity index (χ0) is 15.6. The van der Waals surface area contributed by atoms with Gasteiger partial charge in [0.2, 0.25) is 0 Å². The molecule has 1 saturated carbocycles. The number of hydrogen-bond donors (Lipinski definition) is 1. The Morgan fingerprint density at radius 2 is 2.05 bits per heavy atom. The quantitative estimate of drug-likeness (QED) is 0.682. The molecule has 0 heterocycles. The molecule has 0 saturated heterocycles. The fourth-order valence-corrected chi connectivity index (χ4v) is 3.10. The van der Waals surface area contributed by atoms with Crippen LogP contribution in [0.2, 0.25) is 5.02 Å². The summed E-state index contributed by atoms with van der Waals surface area (Å²) in [7, 11) is 0. The summed E-state index contributed by atoms with van der Waals surface area (Å²) in [6.07, 6.45) is 3.54. The molecule has 0 amide bonds. The molecular weight excluding hydrogens is 297 g/mol. The van der Waals surface area contributed by atoms with E-state index in [1.54, 1.807) is 0 Å². The molecule has 0 spiro atoms. The molecule has 0 unspecified atom stereocenters. The molecule has 1 aromatic rings. The lowest BCUT2D eigenvalue weighted by Gasteiger charge is -2.36. The SMILES string of the molecule is CCN(c1cc(Cl)c(F)cc1[N+](=O)[O-])C1CCC(N)CC1. The molecule has 7 heteroatoms. The van der Waals surface area contributed by atoms with Gasteiger partial charge in [0.1, 0.15) is 11.5 Å². The molecule has 1 aliphatic carbocycles. The lowest BCUT2D eigenvalue weighted by atomic mass is 9.90. The van der Waals surface area contributed by atoms with E-state index in [0.29, 0.717) is 12.2 Å². The molecule has 0 radical (unpaired) electrons. The van der Waals surface area contributed by atoms with E-state index in [1.165, 1.54) is 6.07 Å². The maximum Gasteiger partial charge on any atom is 0.295 e. The summed E-state index contributed by atoms with van der Waals surface area (Å²) in [5, 5.41) is 11.1. The third-order valence-electron chi connectivity index (χ3n) is 4.05. The van der Waals surface area contributed by atoms with Gasteiger partial charge in [-0.1, -0.05) is 11.6 Å². The maximum atomic E-state index is 13.5. The van der Waals surface area contributed by atoms with Gasteiger partial charge in [0.05, 0.1) is 16.0 Å². The van der Waals surface area contributed by atoms with Gasteiger partial charge in [0, 0.05) is 18.6 Å². The molecule has 0 aliphatic heterocycles. The second kappa shape index (κ2) is 6.58. The average molecular weight is 316 g/mol. The molecule has 21 heavy (non-hydrogen) atoms. The van der Waals surface area contributed by atoms with Crippen molar-refractivity contribution in [2.75, 3.05) is 11.4 Å². The standard InChI is InChI=1S/C14H19ClFN3O2/c1-2-18(10-5-3-9(17)4-6-10)13-7-11(15)12(16)8-14(13)19(20)21/h7-10H,2-6,17H2,1H3. The van der Waals surface area contributed by atoms with Crippen LogP contribution in [0, 0.1) is 15.9 Å². The normalized spacial score (nSPS) is 22.1. The fraction of sp³-hybridized carbons (Fsp3) is 0.571. The highest BCUT2D eigenvalue weighted by Crippen LogP contribution is 2.36. The summed E-state index contributed by atoms with van der Waals surface area (Å²) >= 11 is 5.81. The molecule has 5 nitrogen and oxygen atoms in total. The van der Waals surface area contributed by atoms with Crippen LogP contribution in [0.25, 0.3) is 0 Å². The molecule has 0 bridgehead atoms. The van der Waals surface area contributed by atoms with E-state index in [-0.39, 0.29) is 22.8 Å². The van der Waals surface area contributed by atoms with Gasteiger partial charge >= 0.3 is 0 Å². The maximum absolute atomic E-state index is 13.5. The Hall–Kier alpha value is -1.40. The molecule has 0 aromatic heterocycles. The van der Waals surface area contributed by atoms with Crippen LogP contribution in [0.4, 0.5) is 15.8 Å². The highest BCUT2D eigenvalue weighted by atomic mass is 35.5. The Morgan fingerprint density at radius 1 is 1.43 bits per heavy atom. The number of nitrogens with two attached hydrogens (primary N) is 1. The number of nitro groups is 1. The summed E-state index contributed by atoms with van der Waals surface area (Å²) in [6, 6.07) is 2.63. The predicted octanol–water partition coefficient (Wildman–Crippen LogP) is 3.48. The summed E-state index contributed by atoms with van der Waals surface area (Å²) < 4.78 is 13.5. The van der Waals surface area contributed by atoms with Crippen LogP contribution < -0.4 is 10.6 Å². The fourth-order valence-electron chi connectivity index (χ4n) is 2.94. The van der Waals surface area contributed by atoms with Gasteiger partial charge in [-0.05, 0) is 38.7 Å². The average Bonchev–Trinajstić information content (AvgIpc) is 2.45. The van der Waals surface area contributed by atoms with Crippen LogP contribution in [0.1, 0.15) is 32.6 Å². The zero-order valence-electron chi connectivity index (χ0n) is 11.9. The number of benzene rings is 1. The zero-order valence-corrected chi connectivity index (χ0v) is 12.6. The minimum absolute atomic E-state index is 0.0958. The van der Waals surface area contributed by atoms with Gasteiger partial charge in [-0.2, -0.15) is 0 Å². The van der Waals surface area contributed by atoms with Crippen LogP contribution in [0.5, 0.6) is 0 Å². The van der Waals surface area contributed by atoms with Crippen molar-refractivity contribution < 1.29 is 9.31 Å². The topological polar surface area (TPSA) is 72.4 Å². The van der Waals surface area contributed by atoms with Crippen molar-refractivity contribution in [3.63, 3.8) is 0 Å². The number of hydrogen-bond acceptors (Lipinski definition) is 4. The van der Waals surface area contributed by atoms with Crippen LogP contribution >= 0.6 is 11.6 Å². The largest absolute Gasteiger partial charge is 0.363 e. The van der Waals surface area contributed by atoms with Gasteiger partial charge in [0.15, 0.2) is 0 Å². The molecule has 1 aromatic carbocycles. The van der Waals surface area contributed by atoms with Gasteiger partial charge in [0.25, 0.3) is 5.69 Å². The third kappa shape index (κ3) is 3.44. The highest BCUT2D eigenvalue weighted by Gasteiger charge is 2.29. The first-order valence-electron chi connectivity index (χ1n) is 7.09. The minimum Gasteiger partial charge on any atom is -0.363 e. The first kappa shape index (κ1) is 16.0. The molecule has 0 atom stereocenters. The summed E-state index contributed by atoms with van der Waals surface area (Å²) in [4.78, 5) is 12.6. The smallest absolute Gasteiger partial charge is 0.295 e. The molecule has 2 N–H and O–H groups in total. The monoisotopic (exact) mass is 315 g/mol. The lowest BCUT2D eigenvalue weighted by Crippen LogP contribution is -2.41. The van der Waals surface area contributed by atoms with Crippen molar-refractivity contribution in [3.05, 3.63) is 33.1 Å².